The Balaban J connectivity index is 0.000000221. The Bertz CT molecular complexity index is 2420. The van der Waals surface area contributed by atoms with Gasteiger partial charge in [0.05, 0.1) is 46.1 Å². The molecule has 0 unspecified atom stereocenters. The number of benzene rings is 4. The Morgan fingerprint density at radius 3 is 1.40 bits per heavy atom. The smallest absolute Gasteiger partial charge is 0.413 e. The van der Waals surface area contributed by atoms with Crippen LogP contribution in [0.15, 0.2) is 101 Å². The number of Topliss-reactive ketones (excluding diaryl/α,β-unsaturated/α-hetero) is 1. The van der Waals surface area contributed by atoms with Crippen molar-refractivity contribution in [1.29, 1.82) is 0 Å². The van der Waals surface area contributed by atoms with Crippen LogP contribution in [0.4, 0.5) is 47.3 Å². The second-order valence-electron chi connectivity index (χ2n) is 15.4. The average Bonchev–Trinajstić information content (AvgIpc) is 3.87. The third-order valence-corrected chi connectivity index (χ3v) is 10.8. The molecular formula is C47H49F6N7O7. The largest absolute Gasteiger partial charge is 0.471 e. The fourth-order valence-corrected chi connectivity index (χ4v) is 6.94. The van der Waals surface area contributed by atoms with Gasteiger partial charge < -0.3 is 29.0 Å². The van der Waals surface area contributed by atoms with E-state index in [4.69, 9.17) is 13.9 Å². The summed E-state index contributed by atoms with van der Waals surface area (Å²) in [7, 11) is 0. The summed E-state index contributed by atoms with van der Waals surface area (Å²) in [6.07, 6.45) is -7.98. The van der Waals surface area contributed by atoms with Gasteiger partial charge in [0.1, 0.15) is 0 Å². The second kappa shape index (κ2) is 22.6. The zero-order valence-corrected chi connectivity index (χ0v) is 36.7. The Morgan fingerprint density at radius 2 is 1.01 bits per heavy atom. The lowest BCUT2D eigenvalue weighted by Gasteiger charge is -2.33. The first kappa shape index (κ1) is 49.6. The summed E-state index contributed by atoms with van der Waals surface area (Å²) in [5.74, 6) is -4.42. The van der Waals surface area contributed by atoms with Crippen LogP contribution in [-0.2, 0) is 46.4 Å². The number of ether oxygens (including phenoxy) is 2. The van der Waals surface area contributed by atoms with E-state index in [0.717, 1.165) is 40.9 Å². The predicted octanol–water partition coefficient (Wildman–Crippen LogP) is 8.35. The van der Waals surface area contributed by atoms with Crippen LogP contribution in [0.1, 0.15) is 52.3 Å². The van der Waals surface area contributed by atoms with Gasteiger partial charge in [-0.15, -0.1) is 10.2 Å². The SMILES string of the molecule is CCc1ccc(N(Cc2ccc(-c3nnc(C(F)(F)F)o3)cc2)C(=O)N2CCOCC2)cc1.CCc1ccc(N(Cc2ccc(C(=O)CNC(=O)C(F)(F)F)cc2)C(=O)N2CCOCC2)cc1. The molecule has 0 saturated carbocycles. The average molecular weight is 938 g/mol. The lowest BCUT2D eigenvalue weighted by atomic mass is 10.1. The molecule has 2 aliphatic rings. The highest BCUT2D eigenvalue weighted by Gasteiger charge is 2.39. The number of ketones is 1. The molecule has 356 valence electrons. The molecule has 2 fully saturated rings. The molecule has 0 aliphatic carbocycles. The lowest BCUT2D eigenvalue weighted by Crippen LogP contribution is -2.48. The summed E-state index contributed by atoms with van der Waals surface area (Å²) in [6, 6.07) is 28.1. The molecule has 0 bridgehead atoms. The Hall–Kier alpha value is -6.80. The summed E-state index contributed by atoms with van der Waals surface area (Å²) in [4.78, 5) is 56.4. The van der Waals surface area contributed by atoms with E-state index in [2.05, 4.69) is 17.1 Å². The maximum atomic E-state index is 13.3. The third-order valence-electron chi connectivity index (χ3n) is 10.8. The standard InChI is InChI=1S/C24H26F3N3O4.C23H23F3N4O3/c1-2-17-5-9-20(10-6-17)30(23(33)29-11-13-34-14-12-29)16-18-3-7-19(8-4-18)21(31)15-28-22(32)24(25,26)27;1-2-16-5-9-19(10-6-16)30(22(31)29-11-13-32-14-12-29)15-17-3-7-18(8-4-17)20-27-28-21(33-20)23(24,25)26/h3-10H,2,11-16H2,1H3,(H,28,32);3-10H,2,11-15H2,1H3. The molecule has 14 nitrogen and oxygen atoms in total. The number of halogens is 6. The predicted molar refractivity (Wildman–Crippen MR) is 234 cm³/mol. The molecule has 0 spiro atoms. The van der Waals surface area contributed by atoms with Gasteiger partial charge in [0.2, 0.25) is 5.89 Å². The van der Waals surface area contributed by atoms with Crippen LogP contribution >= 0.6 is 0 Å². The highest BCUT2D eigenvalue weighted by Crippen LogP contribution is 2.31. The van der Waals surface area contributed by atoms with Crippen molar-refractivity contribution in [3.63, 3.8) is 0 Å². The number of carbonyl (C=O) groups is 4. The Morgan fingerprint density at radius 1 is 0.597 bits per heavy atom. The van der Waals surface area contributed by atoms with Gasteiger partial charge in [-0.1, -0.05) is 74.5 Å². The summed E-state index contributed by atoms with van der Waals surface area (Å²) < 4.78 is 90.5. The fraction of sp³-hybridized carbons (Fsp3) is 0.362. The van der Waals surface area contributed by atoms with Crippen molar-refractivity contribution in [1.82, 2.24) is 25.3 Å². The summed E-state index contributed by atoms with van der Waals surface area (Å²) in [6.45, 7) is 7.80. The highest BCUT2D eigenvalue weighted by atomic mass is 19.4. The molecular weight excluding hydrogens is 889 g/mol. The third kappa shape index (κ3) is 13.6. The van der Waals surface area contributed by atoms with Crippen molar-refractivity contribution in [2.24, 2.45) is 0 Å². The van der Waals surface area contributed by atoms with E-state index in [1.54, 1.807) is 61.3 Å². The van der Waals surface area contributed by atoms with Crippen LogP contribution in [0.25, 0.3) is 11.5 Å². The van der Waals surface area contributed by atoms with Gasteiger partial charge >= 0.3 is 36.2 Å². The quantitative estimate of drug-likeness (QED) is 0.0962. The Kier molecular flexibility index (Phi) is 16.7. The van der Waals surface area contributed by atoms with E-state index < -0.39 is 36.5 Å². The summed E-state index contributed by atoms with van der Waals surface area (Å²) in [5.41, 5.74) is 5.85. The minimum absolute atomic E-state index is 0.127. The zero-order valence-electron chi connectivity index (χ0n) is 36.7. The van der Waals surface area contributed by atoms with E-state index in [1.807, 2.05) is 55.5 Å². The number of nitrogens with one attached hydrogen (secondary N) is 1. The van der Waals surface area contributed by atoms with Crippen molar-refractivity contribution < 1.29 is 59.4 Å². The molecule has 3 heterocycles. The molecule has 4 aromatic carbocycles. The van der Waals surface area contributed by atoms with Crippen LogP contribution in [0.2, 0.25) is 0 Å². The van der Waals surface area contributed by atoms with E-state index in [1.165, 1.54) is 17.7 Å². The van der Waals surface area contributed by atoms with E-state index >= 15 is 0 Å². The molecule has 5 amide bonds. The summed E-state index contributed by atoms with van der Waals surface area (Å²) >= 11 is 0. The number of hydrogen-bond acceptors (Lipinski definition) is 9. The molecule has 0 radical (unpaired) electrons. The number of morpholine rings is 2. The number of rotatable bonds is 12. The number of aryl methyl sites for hydroxylation is 2. The molecule has 1 aromatic heterocycles. The van der Waals surface area contributed by atoms with Crippen molar-refractivity contribution in [2.75, 3.05) is 69.0 Å². The number of anilines is 2. The normalized spacial score (nSPS) is 14.1. The zero-order chi connectivity index (χ0) is 48.1. The monoisotopic (exact) mass is 937 g/mol. The van der Waals surface area contributed by atoms with Crippen molar-refractivity contribution in [3.05, 3.63) is 131 Å². The Labute approximate surface area is 382 Å². The number of hydrogen-bond donors (Lipinski definition) is 1. The van der Waals surface area contributed by atoms with Gasteiger partial charge in [0.25, 0.3) is 0 Å². The van der Waals surface area contributed by atoms with Crippen LogP contribution in [0, 0.1) is 0 Å². The number of carbonyl (C=O) groups excluding carboxylic acids is 4. The fourth-order valence-electron chi connectivity index (χ4n) is 6.94. The van der Waals surface area contributed by atoms with E-state index in [-0.39, 0.29) is 30.1 Å². The number of urea groups is 2. The second-order valence-corrected chi connectivity index (χ2v) is 15.4. The first-order valence-electron chi connectivity index (χ1n) is 21.5. The maximum Gasteiger partial charge on any atom is 0.471 e. The molecule has 1 N–H and O–H groups in total. The maximum absolute atomic E-state index is 13.3. The first-order chi connectivity index (χ1) is 32.0. The van der Waals surface area contributed by atoms with E-state index in [0.29, 0.717) is 64.7 Å². The van der Waals surface area contributed by atoms with Gasteiger partial charge in [-0.05, 0) is 71.5 Å². The van der Waals surface area contributed by atoms with Gasteiger partial charge in [-0.3, -0.25) is 19.4 Å². The minimum Gasteiger partial charge on any atom is -0.413 e. The van der Waals surface area contributed by atoms with Gasteiger partial charge in [-0.2, -0.15) is 26.3 Å². The highest BCUT2D eigenvalue weighted by molar-refractivity contribution is 6.00. The van der Waals surface area contributed by atoms with Crippen LogP contribution < -0.4 is 15.1 Å². The van der Waals surface area contributed by atoms with Crippen LogP contribution in [0.5, 0.6) is 0 Å². The van der Waals surface area contributed by atoms with Crippen molar-refractivity contribution in [2.45, 2.75) is 52.1 Å². The molecule has 2 saturated heterocycles. The van der Waals surface area contributed by atoms with Gasteiger partial charge in [-0.25, -0.2) is 9.59 Å². The number of amides is 5. The van der Waals surface area contributed by atoms with Crippen molar-refractivity contribution in [3.8, 4) is 11.5 Å². The number of aromatic nitrogens is 2. The topological polar surface area (TPSA) is 151 Å². The van der Waals surface area contributed by atoms with E-state index in [9.17, 15) is 45.5 Å². The molecule has 0 atom stereocenters. The molecule has 2 aliphatic heterocycles. The molecule has 5 aromatic rings. The lowest BCUT2D eigenvalue weighted by molar-refractivity contribution is -0.173. The summed E-state index contributed by atoms with van der Waals surface area (Å²) in [5, 5.41) is 8.10. The van der Waals surface area contributed by atoms with Crippen LogP contribution in [0.3, 0.4) is 0 Å². The molecule has 7 rings (SSSR count). The number of nitrogens with zero attached hydrogens (tertiary/aromatic N) is 6. The number of alkyl halides is 6. The minimum atomic E-state index is -5.05. The van der Waals surface area contributed by atoms with Crippen LogP contribution in [-0.4, -0.2) is 109 Å². The first-order valence-corrected chi connectivity index (χ1v) is 21.5. The van der Waals surface area contributed by atoms with Gasteiger partial charge in [0.15, 0.2) is 5.78 Å². The van der Waals surface area contributed by atoms with Gasteiger partial charge in [0, 0.05) is 48.7 Å². The molecule has 20 heteroatoms. The molecule has 67 heavy (non-hydrogen) atoms. The van der Waals surface area contributed by atoms with Crippen molar-refractivity contribution >= 4 is 35.1 Å².